The maximum absolute atomic E-state index is 13.1. The normalized spacial score (nSPS) is 10.3. The predicted octanol–water partition coefficient (Wildman–Crippen LogP) is 2.24. The van der Waals surface area contributed by atoms with Gasteiger partial charge in [-0.15, -0.1) is 0 Å². The van der Waals surface area contributed by atoms with Crippen molar-refractivity contribution >= 4 is 11.9 Å². The monoisotopic (exact) mass is 298 g/mol. The Kier molecular flexibility index (Phi) is 5.00. The zero-order valence-electron chi connectivity index (χ0n) is 9.94. The molecular weight excluding hydrogens is 291 g/mol. The van der Waals surface area contributed by atoms with E-state index in [1.165, 1.54) is 0 Å². The van der Waals surface area contributed by atoms with Crippen molar-refractivity contribution in [1.82, 2.24) is 0 Å². The van der Waals surface area contributed by atoms with Gasteiger partial charge in [-0.2, -0.15) is 8.78 Å². The number of halogens is 5. The summed E-state index contributed by atoms with van der Waals surface area (Å²) in [6.07, 6.45) is -1.11. The third-order valence-electron chi connectivity index (χ3n) is 2.15. The van der Waals surface area contributed by atoms with Gasteiger partial charge in [-0.25, -0.2) is 13.2 Å². The van der Waals surface area contributed by atoms with Crippen molar-refractivity contribution in [3.05, 3.63) is 29.1 Å². The Balaban J connectivity index is 2.93. The minimum Gasteiger partial charge on any atom is -0.469 e. The molecule has 0 aliphatic carbocycles. The average molecular weight is 298 g/mol. The molecule has 0 radical (unpaired) electrons. The van der Waals surface area contributed by atoms with Crippen LogP contribution in [0.15, 0.2) is 0 Å². The maximum Gasteiger partial charge on any atom is 0.311 e. The summed E-state index contributed by atoms with van der Waals surface area (Å²) >= 11 is 0. The number of esters is 2. The van der Waals surface area contributed by atoms with Crippen LogP contribution in [0, 0.1) is 29.1 Å². The Bertz CT molecular complexity index is 529. The first-order valence-corrected chi connectivity index (χ1v) is 5.08. The van der Waals surface area contributed by atoms with Crippen LogP contribution in [0.3, 0.4) is 0 Å². The van der Waals surface area contributed by atoms with Crippen molar-refractivity contribution in [3.63, 3.8) is 0 Å². The zero-order valence-corrected chi connectivity index (χ0v) is 9.94. The lowest BCUT2D eigenvalue weighted by atomic mass is 10.2. The van der Waals surface area contributed by atoms with Gasteiger partial charge in [-0.3, -0.25) is 9.59 Å². The fourth-order valence-corrected chi connectivity index (χ4v) is 1.15. The third kappa shape index (κ3) is 3.22. The molecule has 0 aromatic heterocycles. The molecule has 4 nitrogen and oxygen atoms in total. The minimum absolute atomic E-state index is 0.468. The molecule has 0 atom stereocenters. The van der Waals surface area contributed by atoms with Crippen LogP contribution in [0.2, 0.25) is 0 Å². The molecule has 0 saturated heterocycles. The molecule has 20 heavy (non-hydrogen) atoms. The smallest absolute Gasteiger partial charge is 0.311 e. The van der Waals surface area contributed by atoms with Crippen molar-refractivity contribution < 1.29 is 41.0 Å². The average Bonchev–Trinajstić information content (AvgIpc) is 2.44. The molecule has 0 amide bonds. The van der Waals surface area contributed by atoms with Crippen LogP contribution in [-0.4, -0.2) is 19.0 Å². The number of hydrogen-bond donors (Lipinski definition) is 0. The first kappa shape index (κ1) is 15.9. The Morgan fingerprint density at radius 1 is 0.800 bits per heavy atom. The van der Waals surface area contributed by atoms with Crippen LogP contribution < -0.4 is 4.74 Å². The molecule has 0 fully saturated rings. The fourth-order valence-electron chi connectivity index (χ4n) is 1.15. The maximum atomic E-state index is 13.1. The number of carbonyl (C=O) groups is 2. The fraction of sp³-hybridized carbons (Fsp3) is 0.273. The van der Waals surface area contributed by atoms with Gasteiger partial charge in [0, 0.05) is 0 Å². The van der Waals surface area contributed by atoms with Crippen molar-refractivity contribution in [2.45, 2.75) is 12.8 Å². The molecule has 1 rings (SSSR count). The van der Waals surface area contributed by atoms with E-state index in [4.69, 9.17) is 0 Å². The molecule has 9 heteroatoms. The largest absolute Gasteiger partial charge is 0.469 e. The van der Waals surface area contributed by atoms with Gasteiger partial charge in [0.1, 0.15) is 0 Å². The van der Waals surface area contributed by atoms with Crippen LogP contribution in [0.25, 0.3) is 0 Å². The lowest BCUT2D eigenvalue weighted by molar-refractivity contribution is -0.144. The van der Waals surface area contributed by atoms with E-state index in [2.05, 4.69) is 9.47 Å². The number of rotatable bonds is 4. The molecule has 0 unspecified atom stereocenters. The predicted molar refractivity (Wildman–Crippen MR) is 53.1 cm³/mol. The van der Waals surface area contributed by atoms with Gasteiger partial charge in [-0.05, 0) is 0 Å². The Hall–Kier alpha value is -2.19. The summed E-state index contributed by atoms with van der Waals surface area (Å²) in [4.78, 5) is 21.9. The summed E-state index contributed by atoms with van der Waals surface area (Å²) in [6.45, 7) is 0. The van der Waals surface area contributed by atoms with Crippen LogP contribution in [0.1, 0.15) is 12.8 Å². The number of carbonyl (C=O) groups excluding carboxylic acids is 2. The third-order valence-corrected chi connectivity index (χ3v) is 2.15. The second-order valence-electron chi connectivity index (χ2n) is 3.45. The quantitative estimate of drug-likeness (QED) is 0.281. The van der Waals surface area contributed by atoms with E-state index in [9.17, 15) is 31.5 Å². The Labute approximate surface area is 109 Å². The van der Waals surface area contributed by atoms with Gasteiger partial charge >= 0.3 is 11.9 Å². The van der Waals surface area contributed by atoms with E-state index in [1.807, 2.05) is 0 Å². The molecule has 0 saturated carbocycles. The van der Waals surface area contributed by atoms with E-state index < -0.39 is 59.6 Å². The number of hydrogen-bond acceptors (Lipinski definition) is 4. The summed E-state index contributed by atoms with van der Waals surface area (Å²) < 4.78 is 72.8. The Morgan fingerprint density at radius 3 is 1.65 bits per heavy atom. The summed E-state index contributed by atoms with van der Waals surface area (Å²) in [6, 6.07) is 0. The van der Waals surface area contributed by atoms with Crippen LogP contribution in [-0.2, 0) is 14.3 Å². The van der Waals surface area contributed by atoms with Crippen LogP contribution in [0.4, 0.5) is 22.0 Å². The highest BCUT2D eigenvalue weighted by Gasteiger charge is 2.28. The van der Waals surface area contributed by atoms with E-state index in [0.717, 1.165) is 7.11 Å². The van der Waals surface area contributed by atoms with Gasteiger partial charge < -0.3 is 9.47 Å². The van der Waals surface area contributed by atoms with Crippen molar-refractivity contribution in [3.8, 4) is 5.75 Å². The summed E-state index contributed by atoms with van der Waals surface area (Å²) in [5, 5.41) is 0. The molecule has 0 heterocycles. The highest BCUT2D eigenvalue weighted by atomic mass is 19.2. The summed E-state index contributed by atoms with van der Waals surface area (Å²) in [5.41, 5.74) is 0. The molecule has 0 spiro atoms. The standard InChI is InChI=1S/C11H7F5O4/c1-19-4(17)2-3-5(18)20-11-9(15)7(13)6(12)8(14)10(11)16/h2-3H2,1H3. The van der Waals surface area contributed by atoms with Gasteiger partial charge in [0.05, 0.1) is 20.0 Å². The highest BCUT2D eigenvalue weighted by Crippen LogP contribution is 2.29. The molecule has 0 bridgehead atoms. The lowest BCUT2D eigenvalue weighted by Gasteiger charge is -2.08. The lowest BCUT2D eigenvalue weighted by Crippen LogP contribution is -2.15. The number of ether oxygens (including phenoxy) is 2. The molecule has 0 aliphatic rings. The minimum atomic E-state index is -2.37. The second-order valence-corrected chi connectivity index (χ2v) is 3.45. The van der Waals surface area contributed by atoms with Gasteiger partial charge in [0.25, 0.3) is 0 Å². The van der Waals surface area contributed by atoms with E-state index >= 15 is 0 Å². The molecular formula is C11H7F5O4. The van der Waals surface area contributed by atoms with E-state index in [-0.39, 0.29) is 0 Å². The molecule has 1 aromatic carbocycles. The first-order valence-electron chi connectivity index (χ1n) is 5.08. The molecule has 1 aromatic rings. The number of methoxy groups -OCH3 is 1. The molecule has 0 N–H and O–H groups in total. The zero-order chi connectivity index (χ0) is 15.4. The summed E-state index contributed by atoms with van der Waals surface area (Å²) in [5.74, 6) is -15.2. The molecule has 110 valence electrons. The summed E-state index contributed by atoms with van der Waals surface area (Å²) in [7, 11) is 1.04. The topological polar surface area (TPSA) is 52.6 Å². The molecule has 0 aliphatic heterocycles. The van der Waals surface area contributed by atoms with Gasteiger partial charge in [0.2, 0.25) is 34.8 Å². The second kappa shape index (κ2) is 6.31. The number of benzene rings is 1. The van der Waals surface area contributed by atoms with Crippen LogP contribution >= 0.6 is 0 Å². The SMILES string of the molecule is COC(=O)CCC(=O)Oc1c(F)c(F)c(F)c(F)c1F. The van der Waals surface area contributed by atoms with Crippen molar-refractivity contribution in [1.29, 1.82) is 0 Å². The van der Waals surface area contributed by atoms with E-state index in [1.54, 1.807) is 0 Å². The van der Waals surface area contributed by atoms with Crippen LogP contribution in [0.5, 0.6) is 5.75 Å². The van der Waals surface area contributed by atoms with E-state index in [0.29, 0.717) is 0 Å². The van der Waals surface area contributed by atoms with Crippen molar-refractivity contribution in [2.24, 2.45) is 0 Å². The Morgan fingerprint density at radius 2 is 1.20 bits per heavy atom. The van der Waals surface area contributed by atoms with Gasteiger partial charge in [-0.1, -0.05) is 0 Å². The van der Waals surface area contributed by atoms with Gasteiger partial charge in [0.15, 0.2) is 0 Å². The highest BCUT2D eigenvalue weighted by molar-refractivity contribution is 5.79. The first-order chi connectivity index (χ1) is 9.29. The van der Waals surface area contributed by atoms with Crippen molar-refractivity contribution in [2.75, 3.05) is 7.11 Å².